The van der Waals surface area contributed by atoms with Crippen molar-refractivity contribution in [3.05, 3.63) is 170 Å². The van der Waals surface area contributed by atoms with Crippen LogP contribution in [-0.2, 0) is 0 Å². The lowest BCUT2D eigenvalue weighted by atomic mass is 10.1. The topological polar surface area (TPSA) is 79.2 Å². The predicted octanol–water partition coefficient (Wildman–Crippen LogP) is 10.8. The Labute approximate surface area is 313 Å². The molecule has 0 amide bonds. The van der Waals surface area contributed by atoms with Crippen LogP contribution in [0.4, 0.5) is 0 Å². The minimum Gasteiger partial charge on any atom is -0.309 e. The molecule has 0 aliphatic carbocycles. The molecule has 0 atom stereocenters. The molecular weight excluding hydrogens is 677 g/mol. The fraction of sp³-hybridized carbons (Fsp3) is 0. The Bertz CT molecular complexity index is 3450. The van der Waals surface area contributed by atoms with E-state index in [0.717, 1.165) is 82.8 Å². The van der Waals surface area contributed by atoms with E-state index in [0.29, 0.717) is 11.6 Å². The molecule has 6 aromatic heterocycles. The Kier molecular flexibility index (Phi) is 6.18. The first-order chi connectivity index (χ1) is 27.3. The van der Waals surface area contributed by atoms with Gasteiger partial charge in [-0.1, -0.05) is 103 Å². The van der Waals surface area contributed by atoms with Crippen LogP contribution in [0.25, 0.3) is 105 Å². The number of benzene rings is 6. The standard InChI is InChI=1S/C47H28N8/c1-2-12-29(13-3-1)38-22-31(23-45(51-38)54-40-19-9-4-14-32(40)33-15-5-10-20-41(33)54)53-39-18-8-6-16-34(39)36-25-44-37(24-43(36)53)35-17-7-11-21-42(35)55(44)47-49-27-30-26-48-28-50-46(30)52-47/h1-28H. The van der Waals surface area contributed by atoms with Gasteiger partial charge in [-0.2, -0.15) is 4.98 Å². The molecule has 12 aromatic rings. The third-order valence-electron chi connectivity index (χ3n) is 10.8. The number of fused-ring (bicyclic) bond motifs is 10. The van der Waals surface area contributed by atoms with Gasteiger partial charge in [0.2, 0.25) is 5.95 Å². The molecule has 6 aromatic carbocycles. The van der Waals surface area contributed by atoms with Crippen LogP contribution < -0.4 is 0 Å². The highest BCUT2D eigenvalue weighted by Crippen LogP contribution is 2.40. The Morgan fingerprint density at radius 1 is 0.400 bits per heavy atom. The van der Waals surface area contributed by atoms with Gasteiger partial charge in [-0.15, -0.1) is 0 Å². The van der Waals surface area contributed by atoms with E-state index < -0.39 is 0 Å². The maximum atomic E-state index is 5.39. The summed E-state index contributed by atoms with van der Waals surface area (Å²) in [5.74, 6) is 1.42. The molecule has 0 spiro atoms. The van der Waals surface area contributed by atoms with E-state index in [1.807, 2.05) is 6.07 Å². The molecule has 0 aliphatic rings. The van der Waals surface area contributed by atoms with Crippen molar-refractivity contribution in [3.63, 3.8) is 0 Å². The molecule has 6 heterocycles. The minimum atomic E-state index is 0.568. The maximum absolute atomic E-state index is 5.39. The number of para-hydroxylation sites is 4. The van der Waals surface area contributed by atoms with Gasteiger partial charge in [-0.05, 0) is 42.5 Å². The lowest BCUT2D eigenvalue weighted by molar-refractivity contribution is 0.996. The van der Waals surface area contributed by atoms with Gasteiger partial charge in [0.1, 0.15) is 12.1 Å². The molecule has 55 heavy (non-hydrogen) atoms. The fourth-order valence-corrected chi connectivity index (χ4v) is 8.47. The summed E-state index contributed by atoms with van der Waals surface area (Å²) in [6.07, 6.45) is 5.06. The Morgan fingerprint density at radius 3 is 1.60 bits per heavy atom. The monoisotopic (exact) mass is 704 g/mol. The fourth-order valence-electron chi connectivity index (χ4n) is 8.47. The summed E-state index contributed by atoms with van der Waals surface area (Å²) < 4.78 is 6.85. The van der Waals surface area contributed by atoms with Crippen LogP contribution in [0.15, 0.2) is 170 Å². The zero-order valence-electron chi connectivity index (χ0n) is 29.2. The van der Waals surface area contributed by atoms with Crippen LogP contribution in [0, 0.1) is 0 Å². The molecule has 0 saturated carbocycles. The first-order valence-corrected chi connectivity index (χ1v) is 18.2. The molecule has 0 fully saturated rings. The molecule has 256 valence electrons. The molecule has 8 heteroatoms. The summed E-state index contributed by atoms with van der Waals surface area (Å²) in [4.78, 5) is 23.7. The van der Waals surface area contributed by atoms with Crippen molar-refractivity contribution in [1.82, 2.24) is 38.6 Å². The van der Waals surface area contributed by atoms with Crippen LogP contribution in [0.1, 0.15) is 0 Å². The summed E-state index contributed by atoms with van der Waals surface area (Å²) >= 11 is 0. The van der Waals surface area contributed by atoms with E-state index in [1.54, 1.807) is 12.4 Å². The van der Waals surface area contributed by atoms with Crippen molar-refractivity contribution < 1.29 is 0 Å². The lowest BCUT2D eigenvalue weighted by Crippen LogP contribution is -2.03. The molecule has 0 saturated heterocycles. The van der Waals surface area contributed by atoms with Gasteiger partial charge in [0.05, 0.1) is 49.9 Å². The van der Waals surface area contributed by atoms with Crippen LogP contribution >= 0.6 is 0 Å². The second-order valence-electron chi connectivity index (χ2n) is 13.9. The molecule has 0 unspecified atom stereocenters. The molecular formula is C47H28N8. The third-order valence-corrected chi connectivity index (χ3v) is 10.8. The van der Waals surface area contributed by atoms with E-state index >= 15 is 0 Å². The van der Waals surface area contributed by atoms with Gasteiger partial charge in [-0.25, -0.2) is 19.9 Å². The minimum absolute atomic E-state index is 0.568. The number of rotatable bonds is 4. The Morgan fingerprint density at radius 2 is 0.945 bits per heavy atom. The van der Waals surface area contributed by atoms with E-state index in [4.69, 9.17) is 15.0 Å². The van der Waals surface area contributed by atoms with E-state index in [2.05, 4.69) is 169 Å². The van der Waals surface area contributed by atoms with E-state index in [1.165, 1.54) is 17.1 Å². The zero-order valence-corrected chi connectivity index (χ0v) is 29.2. The predicted molar refractivity (Wildman–Crippen MR) is 221 cm³/mol. The number of hydrogen-bond acceptors (Lipinski definition) is 5. The number of hydrogen-bond donors (Lipinski definition) is 0. The quantitative estimate of drug-likeness (QED) is 0.182. The Hall–Kier alpha value is -7.71. The highest BCUT2D eigenvalue weighted by atomic mass is 15.2. The number of aromatic nitrogens is 8. The average molecular weight is 705 g/mol. The van der Waals surface area contributed by atoms with Gasteiger partial charge >= 0.3 is 0 Å². The van der Waals surface area contributed by atoms with Crippen LogP contribution in [-0.4, -0.2) is 38.6 Å². The van der Waals surface area contributed by atoms with Crippen molar-refractivity contribution >= 4 is 76.5 Å². The largest absolute Gasteiger partial charge is 0.309 e. The summed E-state index contributed by atoms with van der Waals surface area (Å²) in [5, 5.41) is 7.71. The summed E-state index contributed by atoms with van der Waals surface area (Å²) in [5.41, 5.74) is 10.1. The van der Waals surface area contributed by atoms with Crippen molar-refractivity contribution in [3.8, 4) is 28.7 Å². The van der Waals surface area contributed by atoms with Gasteiger partial charge in [0.25, 0.3) is 0 Å². The van der Waals surface area contributed by atoms with Crippen molar-refractivity contribution in [2.75, 3.05) is 0 Å². The smallest absolute Gasteiger partial charge is 0.236 e. The zero-order chi connectivity index (χ0) is 36.0. The van der Waals surface area contributed by atoms with Crippen molar-refractivity contribution in [2.45, 2.75) is 0 Å². The maximum Gasteiger partial charge on any atom is 0.236 e. The second kappa shape index (κ2) is 11.4. The van der Waals surface area contributed by atoms with E-state index in [-0.39, 0.29) is 0 Å². The van der Waals surface area contributed by atoms with Gasteiger partial charge < -0.3 is 4.57 Å². The van der Waals surface area contributed by atoms with Crippen LogP contribution in [0.3, 0.4) is 0 Å². The highest BCUT2D eigenvalue weighted by molar-refractivity contribution is 6.19. The molecule has 0 bridgehead atoms. The first-order valence-electron chi connectivity index (χ1n) is 18.2. The second-order valence-corrected chi connectivity index (χ2v) is 13.9. The average Bonchev–Trinajstić information content (AvgIpc) is 3.88. The third kappa shape index (κ3) is 4.36. The van der Waals surface area contributed by atoms with Crippen LogP contribution in [0.5, 0.6) is 0 Å². The van der Waals surface area contributed by atoms with Gasteiger partial charge in [0, 0.05) is 56.3 Å². The SMILES string of the molecule is c1ccc(-c2cc(-n3c4ccccc4c4cc5c(cc43)c3ccccc3n5-c3ncc4cncnc4n3)cc(-n3c4ccccc4c4ccccc43)n2)cc1. The number of nitrogens with zero attached hydrogens (tertiary/aromatic N) is 8. The molecule has 0 radical (unpaired) electrons. The molecule has 0 N–H and O–H groups in total. The summed E-state index contributed by atoms with van der Waals surface area (Å²) in [6, 6.07) is 53.8. The van der Waals surface area contributed by atoms with Gasteiger partial charge in [-0.3, -0.25) is 9.13 Å². The van der Waals surface area contributed by atoms with E-state index in [9.17, 15) is 0 Å². The van der Waals surface area contributed by atoms with Crippen molar-refractivity contribution in [1.29, 1.82) is 0 Å². The molecule has 12 rings (SSSR count). The van der Waals surface area contributed by atoms with Gasteiger partial charge in [0.15, 0.2) is 5.65 Å². The first kappa shape index (κ1) is 29.8. The van der Waals surface area contributed by atoms with Crippen LogP contribution in [0.2, 0.25) is 0 Å². The molecule has 0 aliphatic heterocycles. The Balaban J connectivity index is 1.18. The highest BCUT2D eigenvalue weighted by Gasteiger charge is 2.21. The van der Waals surface area contributed by atoms with Crippen molar-refractivity contribution in [2.24, 2.45) is 0 Å². The number of pyridine rings is 1. The summed E-state index contributed by atoms with van der Waals surface area (Å²) in [6.45, 7) is 0. The normalized spacial score (nSPS) is 12.0. The summed E-state index contributed by atoms with van der Waals surface area (Å²) in [7, 11) is 0. The molecule has 8 nitrogen and oxygen atoms in total. The lowest BCUT2D eigenvalue weighted by Gasteiger charge is -2.15.